The molecular formula is C43H35N3O2S. The lowest BCUT2D eigenvalue weighted by molar-refractivity contribution is -0.0446. The number of nitrogens with zero attached hydrogens (tertiary/aromatic N) is 3. The Morgan fingerprint density at radius 1 is 0.449 bits per heavy atom. The van der Waals surface area contributed by atoms with E-state index in [-0.39, 0.29) is 5.41 Å². The van der Waals surface area contributed by atoms with E-state index in [1.807, 2.05) is 78.9 Å². The van der Waals surface area contributed by atoms with E-state index in [0.717, 1.165) is 76.5 Å². The second-order valence-corrected chi connectivity index (χ2v) is 16.4. The molecule has 4 bridgehead atoms. The van der Waals surface area contributed by atoms with Gasteiger partial charge in [-0.15, -0.1) is 0 Å². The van der Waals surface area contributed by atoms with E-state index >= 15 is 0 Å². The molecule has 2 heterocycles. The van der Waals surface area contributed by atoms with Crippen molar-refractivity contribution in [2.24, 2.45) is 23.7 Å². The highest BCUT2D eigenvalue weighted by molar-refractivity contribution is 7.91. The number of rotatable bonds is 4. The van der Waals surface area contributed by atoms with Crippen molar-refractivity contribution in [1.82, 2.24) is 15.0 Å². The summed E-state index contributed by atoms with van der Waals surface area (Å²) in [5, 5.41) is 0. The minimum absolute atomic E-state index is 0.327. The van der Waals surface area contributed by atoms with Gasteiger partial charge in [-0.05, 0) is 102 Å². The maximum atomic E-state index is 14.3. The Kier molecular flexibility index (Phi) is 6.38. The van der Waals surface area contributed by atoms with Gasteiger partial charge in [0.2, 0.25) is 9.84 Å². The Bertz CT molecular complexity index is 2330. The first-order valence-electron chi connectivity index (χ1n) is 17.5. The van der Waals surface area contributed by atoms with Crippen molar-refractivity contribution in [3.8, 4) is 45.3 Å². The summed E-state index contributed by atoms with van der Waals surface area (Å²) >= 11 is 0. The van der Waals surface area contributed by atoms with Crippen LogP contribution in [0.4, 0.5) is 0 Å². The molecule has 0 saturated heterocycles. The highest BCUT2D eigenvalue weighted by Gasteiger charge is 2.62. The van der Waals surface area contributed by atoms with Gasteiger partial charge in [0.25, 0.3) is 0 Å². The fourth-order valence-electron chi connectivity index (χ4n) is 10.1. The summed E-state index contributed by atoms with van der Waals surface area (Å²) in [6, 6.07) is 42.4. The number of benzene rings is 5. The minimum Gasteiger partial charge on any atom is -0.218 e. The molecule has 5 aliphatic rings. The maximum absolute atomic E-state index is 14.3. The summed E-state index contributed by atoms with van der Waals surface area (Å²) in [5.41, 5.74) is 6.53. The summed E-state index contributed by atoms with van der Waals surface area (Å²) in [4.78, 5) is 16.0. The van der Waals surface area contributed by atoms with E-state index < -0.39 is 9.84 Å². The van der Waals surface area contributed by atoms with Gasteiger partial charge in [0.15, 0.2) is 17.5 Å². The first-order chi connectivity index (χ1) is 24.0. The molecule has 4 aliphatic carbocycles. The Balaban J connectivity index is 1.16. The second kappa shape index (κ2) is 10.8. The third-order valence-corrected chi connectivity index (χ3v) is 13.8. The first-order valence-corrected chi connectivity index (χ1v) is 18.9. The predicted molar refractivity (Wildman–Crippen MR) is 191 cm³/mol. The van der Waals surface area contributed by atoms with Crippen molar-refractivity contribution in [1.29, 1.82) is 0 Å². The predicted octanol–water partition coefficient (Wildman–Crippen LogP) is 9.43. The normalized spacial score (nSPS) is 25.6. The molecule has 1 aromatic heterocycles. The van der Waals surface area contributed by atoms with Gasteiger partial charge in [0, 0.05) is 22.1 Å². The van der Waals surface area contributed by atoms with E-state index in [2.05, 4.69) is 48.5 Å². The fraction of sp³-hybridized carbons (Fsp3) is 0.233. The van der Waals surface area contributed by atoms with Crippen molar-refractivity contribution < 1.29 is 8.42 Å². The summed E-state index contributed by atoms with van der Waals surface area (Å²) in [6.45, 7) is 0. The van der Waals surface area contributed by atoms with Crippen LogP contribution in [0.2, 0.25) is 0 Å². The monoisotopic (exact) mass is 657 g/mol. The zero-order chi connectivity index (χ0) is 32.7. The summed E-state index contributed by atoms with van der Waals surface area (Å²) in [7, 11) is -3.69. The van der Waals surface area contributed by atoms with E-state index in [1.54, 1.807) is 0 Å². The molecule has 0 unspecified atom stereocenters. The number of hydrogen-bond donors (Lipinski definition) is 0. The highest BCUT2D eigenvalue weighted by atomic mass is 32.2. The molecule has 4 saturated carbocycles. The minimum atomic E-state index is -3.69. The summed E-state index contributed by atoms with van der Waals surface area (Å²) in [6.07, 6.45) is 5.99. The second-order valence-electron chi connectivity index (χ2n) is 14.5. The molecule has 5 nitrogen and oxygen atoms in total. The lowest BCUT2D eigenvalue weighted by Gasteiger charge is -2.63. The summed E-state index contributed by atoms with van der Waals surface area (Å²) < 4.78 is 28.7. The molecule has 6 heteroatoms. The largest absolute Gasteiger partial charge is 0.218 e. The van der Waals surface area contributed by atoms with Crippen molar-refractivity contribution in [2.75, 3.05) is 0 Å². The highest BCUT2D eigenvalue weighted by Crippen LogP contribution is 2.68. The number of sulfone groups is 1. The van der Waals surface area contributed by atoms with Gasteiger partial charge >= 0.3 is 0 Å². The molecule has 0 radical (unpaired) electrons. The Morgan fingerprint density at radius 3 is 1.53 bits per heavy atom. The van der Waals surface area contributed by atoms with Crippen LogP contribution < -0.4 is 0 Å². The molecule has 11 rings (SSSR count). The Morgan fingerprint density at radius 2 is 0.898 bits per heavy atom. The van der Waals surface area contributed by atoms with Gasteiger partial charge in [-0.25, -0.2) is 23.4 Å². The van der Waals surface area contributed by atoms with Crippen LogP contribution in [0.3, 0.4) is 0 Å². The molecule has 4 fully saturated rings. The number of hydrogen-bond acceptors (Lipinski definition) is 5. The van der Waals surface area contributed by atoms with Crippen LogP contribution in [0.25, 0.3) is 45.3 Å². The topological polar surface area (TPSA) is 72.8 Å². The average molecular weight is 658 g/mol. The molecule has 1 spiro atoms. The number of fused-ring (bicyclic) bond motifs is 2. The van der Waals surface area contributed by atoms with Gasteiger partial charge in [-0.3, -0.25) is 0 Å². The molecule has 0 atom stereocenters. The van der Waals surface area contributed by atoms with Crippen LogP contribution in [0.1, 0.15) is 43.2 Å². The molecule has 0 N–H and O–H groups in total. The standard InChI is InChI=1S/C43H35N3O2S/c47-49(48)38-14-8-7-13-36(38)43(34-22-27-21-28(24-34)25-35(43)23-27)37-26-33(19-20-39(37)49)42-45-40(31-11-5-2-6-12-31)44-41(46-42)32-17-15-30(16-18-32)29-9-3-1-4-10-29/h1-20,26-28,34-35H,21-25H2. The molecule has 0 amide bonds. The van der Waals surface area contributed by atoms with Crippen molar-refractivity contribution >= 4 is 9.84 Å². The molecular weight excluding hydrogens is 623 g/mol. The zero-order valence-corrected chi connectivity index (χ0v) is 27.9. The zero-order valence-electron chi connectivity index (χ0n) is 27.0. The van der Waals surface area contributed by atoms with E-state index in [1.165, 1.54) is 6.42 Å². The lowest BCUT2D eigenvalue weighted by atomic mass is 9.42. The van der Waals surface area contributed by atoms with Crippen molar-refractivity contribution in [3.05, 3.63) is 139 Å². The molecule has 49 heavy (non-hydrogen) atoms. The maximum Gasteiger partial charge on any atom is 0.207 e. The van der Waals surface area contributed by atoms with E-state index in [9.17, 15) is 8.42 Å². The Hall–Kier alpha value is -4.94. The van der Waals surface area contributed by atoms with Crippen LogP contribution in [-0.4, -0.2) is 23.4 Å². The summed E-state index contributed by atoms with van der Waals surface area (Å²) in [5.74, 6) is 4.07. The van der Waals surface area contributed by atoms with Crippen LogP contribution in [-0.2, 0) is 15.3 Å². The van der Waals surface area contributed by atoms with E-state index in [4.69, 9.17) is 15.0 Å². The van der Waals surface area contributed by atoms with Crippen LogP contribution in [0.15, 0.2) is 137 Å². The smallest absolute Gasteiger partial charge is 0.207 e. The van der Waals surface area contributed by atoms with Crippen molar-refractivity contribution in [3.63, 3.8) is 0 Å². The SMILES string of the molecule is O=S1(=O)c2ccccc2C2(c3cc(-c4nc(-c5ccccc5)nc(-c5ccc(-c6ccccc6)cc5)n4)ccc31)C1CC3CC(C1)CC2C3. The van der Waals surface area contributed by atoms with Gasteiger partial charge < -0.3 is 0 Å². The third kappa shape index (κ3) is 4.36. The fourth-order valence-corrected chi connectivity index (χ4v) is 11.9. The average Bonchev–Trinajstić information content (AvgIpc) is 3.15. The quantitative estimate of drug-likeness (QED) is 0.189. The van der Waals surface area contributed by atoms with Gasteiger partial charge in [0.05, 0.1) is 9.79 Å². The van der Waals surface area contributed by atoms with E-state index in [0.29, 0.717) is 39.1 Å². The number of aromatic nitrogens is 3. The van der Waals surface area contributed by atoms with Gasteiger partial charge in [0.1, 0.15) is 0 Å². The van der Waals surface area contributed by atoms with Crippen LogP contribution in [0.5, 0.6) is 0 Å². The van der Waals surface area contributed by atoms with Gasteiger partial charge in [-0.2, -0.15) is 0 Å². The first kappa shape index (κ1) is 29.0. The molecule has 5 aromatic carbocycles. The molecule has 6 aromatic rings. The van der Waals surface area contributed by atoms with Gasteiger partial charge in [-0.1, -0.05) is 103 Å². The van der Waals surface area contributed by atoms with Crippen LogP contribution in [0, 0.1) is 23.7 Å². The van der Waals surface area contributed by atoms with Crippen LogP contribution >= 0.6 is 0 Å². The lowest BCUT2D eigenvalue weighted by Crippen LogP contribution is -2.57. The Labute approximate surface area is 287 Å². The molecule has 240 valence electrons. The third-order valence-electron chi connectivity index (χ3n) is 11.9. The van der Waals surface area contributed by atoms with Crippen molar-refractivity contribution in [2.45, 2.75) is 47.3 Å². The molecule has 1 aliphatic heterocycles.